The molecule has 0 spiro atoms. The van der Waals surface area contributed by atoms with Crippen LogP contribution in [0.4, 0.5) is 20.3 Å². The Labute approximate surface area is 242 Å². The van der Waals surface area contributed by atoms with Crippen LogP contribution in [0.3, 0.4) is 0 Å². The molecular weight excluding hydrogens is 542 g/mol. The summed E-state index contributed by atoms with van der Waals surface area (Å²) in [5.41, 5.74) is 1.09. The molecule has 0 saturated carbocycles. The maximum Gasteiger partial charge on any atom is 0.319 e. The van der Waals surface area contributed by atoms with Crippen LogP contribution in [-0.2, 0) is 6.42 Å². The molecule has 1 aromatic heterocycles. The number of rotatable bonds is 5. The molecule has 3 aromatic rings. The van der Waals surface area contributed by atoms with Gasteiger partial charge in [-0.05, 0) is 75.6 Å². The Hall–Kier alpha value is -3.57. The lowest BCUT2D eigenvalue weighted by Gasteiger charge is -2.47. The van der Waals surface area contributed by atoms with Gasteiger partial charge >= 0.3 is 6.01 Å². The summed E-state index contributed by atoms with van der Waals surface area (Å²) in [5.74, 6) is -1.90. The van der Waals surface area contributed by atoms with Crippen LogP contribution in [0.1, 0.15) is 54.6 Å². The number of piperazine rings is 1. The second-order valence-electron chi connectivity index (χ2n) is 12.5. The van der Waals surface area contributed by atoms with Crippen LogP contribution >= 0.6 is 0 Å². The molecule has 5 saturated heterocycles. The van der Waals surface area contributed by atoms with Crippen molar-refractivity contribution in [3.05, 3.63) is 47.2 Å². The van der Waals surface area contributed by atoms with Crippen molar-refractivity contribution < 1.29 is 23.4 Å². The minimum atomic E-state index is -1.05. The zero-order valence-corrected chi connectivity index (χ0v) is 23.4. The van der Waals surface area contributed by atoms with Gasteiger partial charge in [0.25, 0.3) is 5.91 Å². The van der Waals surface area contributed by atoms with E-state index in [9.17, 15) is 14.3 Å². The maximum absolute atomic E-state index is 15.1. The number of nitrogens with zero attached hydrogens (tertiary/aromatic N) is 5. The van der Waals surface area contributed by atoms with Gasteiger partial charge < -0.3 is 25.0 Å². The molecule has 6 aliphatic rings. The van der Waals surface area contributed by atoms with Gasteiger partial charge in [-0.3, -0.25) is 9.69 Å². The van der Waals surface area contributed by atoms with Crippen molar-refractivity contribution in [2.75, 3.05) is 49.1 Å². The molecule has 2 aromatic carbocycles. The zero-order valence-electron chi connectivity index (χ0n) is 23.4. The van der Waals surface area contributed by atoms with Crippen LogP contribution in [0, 0.1) is 11.6 Å². The molecule has 7 heterocycles. The second kappa shape index (κ2) is 9.74. The van der Waals surface area contributed by atoms with Gasteiger partial charge in [-0.25, -0.2) is 8.78 Å². The molecule has 11 heteroatoms. The highest BCUT2D eigenvalue weighted by atomic mass is 19.2. The van der Waals surface area contributed by atoms with E-state index in [1.165, 1.54) is 23.1 Å². The third-order valence-corrected chi connectivity index (χ3v) is 10.2. The van der Waals surface area contributed by atoms with Crippen LogP contribution in [0.2, 0.25) is 0 Å². The number of halogens is 2. The first-order valence-electron chi connectivity index (χ1n) is 15.1. The summed E-state index contributed by atoms with van der Waals surface area (Å²) in [6.45, 7) is 4.49. The molecule has 5 fully saturated rings. The van der Waals surface area contributed by atoms with E-state index in [-0.39, 0.29) is 46.7 Å². The lowest BCUT2D eigenvalue weighted by atomic mass is 9.92. The molecule has 2 N–H and O–H groups in total. The third-order valence-electron chi connectivity index (χ3n) is 10.2. The molecule has 42 heavy (non-hydrogen) atoms. The fourth-order valence-corrected chi connectivity index (χ4v) is 8.04. The van der Waals surface area contributed by atoms with E-state index >= 15 is 4.39 Å². The number of piperidine rings is 2. The van der Waals surface area contributed by atoms with Gasteiger partial charge in [-0.1, -0.05) is 6.07 Å². The number of amides is 1. The number of hydrogen-bond acceptors (Lipinski definition) is 8. The SMILES string of the molecule is O=C1c2nc(OCC34CCCN3CCC4)nc(N3CC4CCC3CN4)c2CCN1c1cc(O)cc2ccc(F)c(F)c12. The van der Waals surface area contributed by atoms with Crippen molar-refractivity contribution in [3.8, 4) is 11.8 Å². The van der Waals surface area contributed by atoms with Gasteiger partial charge in [0.05, 0.1) is 11.2 Å². The van der Waals surface area contributed by atoms with Crippen LogP contribution < -0.4 is 19.9 Å². The molecule has 1 amide bonds. The van der Waals surface area contributed by atoms with Crippen LogP contribution in [-0.4, -0.2) is 82.8 Å². The Bertz CT molecular complexity index is 1580. The van der Waals surface area contributed by atoms with Gasteiger partial charge in [0.2, 0.25) is 0 Å². The number of carbonyl (C=O) groups excluding carboxylic acids is 1. The van der Waals surface area contributed by atoms with E-state index in [1.807, 2.05) is 0 Å². The number of phenols is 1. The quantitative estimate of drug-likeness (QED) is 0.475. The Kier molecular flexibility index (Phi) is 6.05. The molecule has 9 rings (SSSR count). The summed E-state index contributed by atoms with van der Waals surface area (Å²) >= 11 is 0. The molecule has 2 bridgehead atoms. The molecule has 220 valence electrons. The predicted molar refractivity (Wildman–Crippen MR) is 153 cm³/mol. The number of ether oxygens (including phenoxy) is 1. The number of aromatic nitrogens is 2. The predicted octanol–water partition coefficient (Wildman–Crippen LogP) is 3.76. The molecule has 2 atom stereocenters. The van der Waals surface area contributed by atoms with E-state index in [1.54, 1.807) is 0 Å². The van der Waals surface area contributed by atoms with Gasteiger partial charge in [0, 0.05) is 48.7 Å². The summed E-state index contributed by atoms with van der Waals surface area (Å²) in [6, 6.07) is 5.91. The summed E-state index contributed by atoms with van der Waals surface area (Å²) in [6.07, 6.45) is 7.03. The molecule has 9 nitrogen and oxygen atoms in total. The molecule has 6 aliphatic heterocycles. The molecule has 2 unspecified atom stereocenters. The Morgan fingerprint density at radius 2 is 1.93 bits per heavy atom. The average Bonchev–Trinajstić information content (AvgIpc) is 3.59. The molecule has 0 aliphatic carbocycles. The number of aromatic hydroxyl groups is 1. The van der Waals surface area contributed by atoms with Crippen molar-refractivity contribution in [3.63, 3.8) is 0 Å². The van der Waals surface area contributed by atoms with Crippen molar-refractivity contribution in [1.82, 2.24) is 20.2 Å². The number of fused-ring (bicyclic) bond motifs is 6. The van der Waals surface area contributed by atoms with Gasteiger partial charge in [-0.15, -0.1) is 0 Å². The topological polar surface area (TPSA) is 94.1 Å². The Balaban J connectivity index is 1.20. The highest BCUT2D eigenvalue weighted by Gasteiger charge is 2.45. The summed E-state index contributed by atoms with van der Waals surface area (Å²) in [4.78, 5) is 30.0. The number of nitrogens with one attached hydrogen (secondary N) is 1. The lowest BCUT2D eigenvalue weighted by molar-refractivity contribution is 0.0963. The van der Waals surface area contributed by atoms with Crippen LogP contribution in [0.15, 0.2) is 24.3 Å². The lowest BCUT2D eigenvalue weighted by Crippen LogP contribution is -2.61. The maximum atomic E-state index is 15.1. The smallest absolute Gasteiger partial charge is 0.319 e. The summed E-state index contributed by atoms with van der Waals surface area (Å²) < 4.78 is 35.8. The van der Waals surface area contributed by atoms with Crippen molar-refractivity contribution in [2.24, 2.45) is 0 Å². The molecular formula is C31H34F2N6O3. The van der Waals surface area contributed by atoms with Crippen molar-refractivity contribution in [1.29, 1.82) is 0 Å². The van der Waals surface area contributed by atoms with Gasteiger partial charge in [0.1, 0.15) is 23.9 Å². The highest BCUT2D eigenvalue weighted by Crippen LogP contribution is 2.41. The minimum absolute atomic E-state index is 0.00827. The van der Waals surface area contributed by atoms with Gasteiger partial charge in [0.15, 0.2) is 11.6 Å². The van der Waals surface area contributed by atoms with Crippen molar-refractivity contribution >= 4 is 28.2 Å². The largest absolute Gasteiger partial charge is 0.508 e. The normalized spacial score (nSPS) is 24.9. The number of hydrogen-bond donors (Lipinski definition) is 2. The zero-order chi connectivity index (χ0) is 28.6. The standard InChI is InChI=1S/C31H34F2N6O3/c32-23-6-3-18-13-21(40)14-24(25(18)26(23)33)38-12-7-22-27(29(38)41)35-30(42-17-31-8-1-10-37(31)11-2-9-31)36-28(22)39-16-19-4-5-20(39)15-34-19/h3,6,13-14,19-20,34,40H,1-2,4-5,7-12,15-17H2. The van der Waals surface area contributed by atoms with Gasteiger partial charge in [-0.2, -0.15) is 9.97 Å². The Morgan fingerprint density at radius 3 is 2.67 bits per heavy atom. The fraction of sp³-hybridized carbons (Fsp3) is 0.516. The first-order valence-corrected chi connectivity index (χ1v) is 15.1. The number of phenolic OH excluding ortho intramolecular Hbond substituents is 1. The Morgan fingerprint density at radius 1 is 1.10 bits per heavy atom. The third kappa shape index (κ3) is 4.04. The first-order chi connectivity index (χ1) is 20.4. The van der Waals surface area contributed by atoms with E-state index in [0.29, 0.717) is 24.5 Å². The highest BCUT2D eigenvalue weighted by molar-refractivity contribution is 6.12. The van der Waals surface area contributed by atoms with E-state index in [4.69, 9.17) is 9.72 Å². The van der Waals surface area contributed by atoms with Crippen molar-refractivity contribution in [2.45, 2.75) is 62.6 Å². The van der Waals surface area contributed by atoms with E-state index < -0.39 is 17.5 Å². The minimum Gasteiger partial charge on any atom is -0.508 e. The summed E-state index contributed by atoms with van der Waals surface area (Å²) in [5, 5.41) is 14.3. The van der Waals surface area contributed by atoms with E-state index in [2.05, 4.69) is 20.1 Å². The number of anilines is 2. The number of carbonyl (C=O) groups is 1. The van der Waals surface area contributed by atoms with Crippen LogP contribution in [0.25, 0.3) is 10.8 Å². The number of benzene rings is 2. The van der Waals surface area contributed by atoms with Crippen LogP contribution in [0.5, 0.6) is 11.8 Å². The first kappa shape index (κ1) is 26.1. The summed E-state index contributed by atoms with van der Waals surface area (Å²) in [7, 11) is 0. The molecule has 0 radical (unpaired) electrons. The second-order valence-corrected chi connectivity index (χ2v) is 12.5. The monoisotopic (exact) mass is 576 g/mol. The average molecular weight is 577 g/mol. The fourth-order valence-electron chi connectivity index (χ4n) is 8.04. The van der Waals surface area contributed by atoms with E-state index in [0.717, 1.165) is 82.2 Å².